The van der Waals surface area contributed by atoms with Crippen molar-refractivity contribution in [2.75, 3.05) is 12.4 Å². The second kappa shape index (κ2) is 6.45. The van der Waals surface area contributed by atoms with Crippen LogP contribution in [0.5, 0.6) is 5.75 Å². The van der Waals surface area contributed by atoms with Crippen LogP contribution in [-0.4, -0.2) is 13.0 Å². The average Bonchev–Trinajstić information content (AvgIpc) is 2.41. The highest BCUT2D eigenvalue weighted by Gasteiger charge is 2.15. The molecule has 0 fully saturated rings. The number of hydrogen-bond acceptors (Lipinski definition) is 2. The molecule has 3 nitrogen and oxygen atoms in total. The van der Waals surface area contributed by atoms with Crippen LogP contribution in [0.1, 0.15) is 15.9 Å². The van der Waals surface area contributed by atoms with E-state index in [1.807, 2.05) is 25.1 Å². The Kier molecular flexibility index (Phi) is 4.88. The van der Waals surface area contributed by atoms with E-state index in [1.165, 1.54) is 0 Å². The summed E-state index contributed by atoms with van der Waals surface area (Å²) in [5.74, 6) is 0.334. The first-order chi connectivity index (χ1) is 9.52. The highest BCUT2D eigenvalue weighted by Crippen LogP contribution is 2.27. The summed E-state index contributed by atoms with van der Waals surface area (Å²) in [4.78, 5) is 12.3. The molecule has 2 rings (SSSR count). The number of nitrogens with one attached hydrogen (secondary N) is 1. The molecule has 0 bridgehead atoms. The molecule has 2 aromatic rings. The summed E-state index contributed by atoms with van der Waals surface area (Å²) >= 11 is 8.28. The molecule has 0 aromatic heterocycles. The molecule has 1 N–H and O–H groups in total. The van der Waals surface area contributed by atoms with Crippen LogP contribution >= 0.6 is 34.2 Å². The normalized spacial score (nSPS) is 10.2. The number of para-hydroxylation sites is 1. The van der Waals surface area contributed by atoms with Crippen molar-refractivity contribution in [1.82, 2.24) is 0 Å². The minimum absolute atomic E-state index is 0.242. The predicted octanol–water partition coefficient (Wildman–Crippen LogP) is 4.51. The zero-order valence-corrected chi connectivity index (χ0v) is 13.9. The van der Waals surface area contributed by atoms with Crippen LogP contribution in [0.2, 0.25) is 5.02 Å². The molecule has 0 radical (unpaired) electrons. The van der Waals surface area contributed by atoms with Crippen molar-refractivity contribution >= 4 is 45.8 Å². The Morgan fingerprint density at radius 2 is 2.05 bits per heavy atom. The van der Waals surface area contributed by atoms with Gasteiger partial charge in [-0.2, -0.15) is 0 Å². The van der Waals surface area contributed by atoms with Gasteiger partial charge in [0, 0.05) is 3.57 Å². The van der Waals surface area contributed by atoms with Gasteiger partial charge in [-0.25, -0.2) is 0 Å². The topological polar surface area (TPSA) is 38.3 Å². The van der Waals surface area contributed by atoms with E-state index in [-0.39, 0.29) is 5.91 Å². The van der Waals surface area contributed by atoms with Gasteiger partial charge < -0.3 is 10.1 Å². The molecule has 0 spiro atoms. The van der Waals surface area contributed by atoms with Gasteiger partial charge in [-0.15, -0.1) is 0 Å². The third-order valence-corrected chi connectivity index (χ3v) is 3.82. The van der Waals surface area contributed by atoms with Crippen molar-refractivity contribution < 1.29 is 9.53 Å². The fourth-order valence-corrected chi connectivity index (χ4v) is 2.79. The SMILES string of the molecule is COc1c(C)cccc1C(=O)Nc1ccc(I)cc1Cl. The lowest BCUT2D eigenvalue weighted by Crippen LogP contribution is -2.14. The molecule has 20 heavy (non-hydrogen) atoms. The molecular formula is C15H13ClINO2. The fourth-order valence-electron chi connectivity index (χ4n) is 1.88. The monoisotopic (exact) mass is 401 g/mol. The molecule has 0 heterocycles. The lowest BCUT2D eigenvalue weighted by Gasteiger charge is -2.12. The number of benzene rings is 2. The zero-order chi connectivity index (χ0) is 14.7. The molecule has 1 amide bonds. The molecule has 0 saturated heterocycles. The lowest BCUT2D eigenvalue weighted by atomic mass is 10.1. The number of amides is 1. The van der Waals surface area contributed by atoms with Crippen molar-refractivity contribution in [3.05, 3.63) is 56.1 Å². The van der Waals surface area contributed by atoms with Crippen molar-refractivity contribution in [1.29, 1.82) is 0 Å². The Hall–Kier alpha value is -1.27. The molecule has 2 aromatic carbocycles. The molecule has 0 saturated carbocycles. The number of methoxy groups -OCH3 is 1. The van der Waals surface area contributed by atoms with Crippen molar-refractivity contribution in [3.63, 3.8) is 0 Å². The maximum absolute atomic E-state index is 12.3. The third-order valence-electron chi connectivity index (χ3n) is 2.84. The second-order valence-corrected chi connectivity index (χ2v) is 5.89. The number of aryl methyl sites for hydroxylation is 1. The van der Waals surface area contributed by atoms with Gasteiger partial charge in [0.25, 0.3) is 5.91 Å². The van der Waals surface area contributed by atoms with Crippen LogP contribution in [0.25, 0.3) is 0 Å². The molecule has 104 valence electrons. The highest BCUT2D eigenvalue weighted by molar-refractivity contribution is 14.1. The predicted molar refractivity (Wildman–Crippen MR) is 89.9 cm³/mol. The number of halogens is 2. The second-order valence-electron chi connectivity index (χ2n) is 4.23. The van der Waals surface area contributed by atoms with Gasteiger partial charge in [0.05, 0.1) is 23.4 Å². The van der Waals surface area contributed by atoms with Gasteiger partial charge in [0.1, 0.15) is 5.75 Å². The highest BCUT2D eigenvalue weighted by atomic mass is 127. The minimum Gasteiger partial charge on any atom is -0.496 e. The Morgan fingerprint density at radius 3 is 2.70 bits per heavy atom. The molecule has 0 aliphatic rings. The van der Waals surface area contributed by atoms with E-state index in [4.69, 9.17) is 16.3 Å². The molecule has 5 heteroatoms. The lowest BCUT2D eigenvalue weighted by molar-refractivity contribution is 0.102. The first kappa shape index (κ1) is 15.1. The number of ether oxygens (including phenoxy) is 1. The van der Waals surface area contributed by atoms with Crippen LogP contribution in [-0.2, 0) is 0 Å². The van der Waals surface area contributed by atoms with Crippen molar-refractivity contribution in [3.8, 4) is 5.75 Å². The summed E-state index contributed by atoms with van der Waals surface area (Å²) in [6.07, 6.45) is 0. The van der Waals surface area contributed by atoms with Crippen molar-refractivity contribution in [2.45, 2.75) is 6.92 Å². The quantitative estimate of drug-likeness (QED) is 0.768. The van der Waals surface area contributed by atoms with Crippen molar-refractivity contribution in [2.24, 2.45) is 0 Å². The number of anilines is 1. The smallest absolute Gasteiger partial charge is 0.259 e. The van der Waals surface area contributed by atoms with Crippen LogP contribution < -0.4 is 10.1 Å². The maximum Gasteiger partial charge on any atom is 0.259 e. The van der Waals surface area contributed by atoms with E-state index in [0.29, 0.717) is 22.0 Å². The minimum atomic E-state index is -0.242. The molecule has 0 atom stereocenters. The van der Waals surface area contributed by atoms with E-state index < -0.39 is 0 Å². The first-order valence-corrected chi connectivity index (χ1v) is 7.38. The largest absolute Gasteiger partial charge is 0.496 e. The maximum atomic E-state index is 12.3. The van der Waals surface area contributed by atoms with Crippen LogP contribution in [0, 0.1) is 10.5 Å². The molecular weight excluding hydrogens is 389 g/mol. The summed E-state index contributed by atoms with van der Waals surface area (Å²) in [6, 6.07) is 10.9. The number of hydrogen-bond donors (Lipinski definition) is 1. The van der Waals surface area contributed by atoms with Crippen LogP contribution in [0.3, 0.4) is 0 Å². The van der Waals surface area contributed by atoms with E-state index in [0.717, 1.165) is 9.13 Å². The van der Waals surface area contributed by atoms with Gasteiger partial charge in [-0.3, -0.25) is 4.79 Å². The van der Waals surface area contributed by atoms with E-state index in [2.05, 4.69) is 27.9 Å². The van der Waals surface area contributed by atoms with E-state index in [9.17, 15) is 4.79 Å². The molecule has 0 aliphatic carbocycles. The van der Waals surface area contributed by atoms with Gasteiger partial charge in [0.2, 0.25) is 0 Å². The summed E-state index contributed by atoms with van der Waals surface area (Å²) in [5.41, 5.74) is 1.98. The molecule has 0 aliphatic heterocycles. The zero-order valence-electron chi connectivity index (χ0n) is 11.0. The van der Waals surface area contributed by atoms with Gasteiger partial charge >= 0.3 is 0 Å². The summed E-state index contributed by atoms with van der Waals surface area (Å²) in [6.45, 7) is 1.90. The third kappa shape index (κ3) is 3.24. The Labute approximate surface area is 136 Å². The average molecular weight is 402 g/mol. The fraction of sp³-hybridized carbons (Fsp3) is 0.133. The van der Waals surface area contributed by atoms with E-state index >= 15 is 0 Å². The summed E-state index contributed by atoms with van der Waals surface area (Å²) in [7, 11) is 1.55. The Balaban J connectivity index is 2.31. The van der Waals surface area contributed by atoms with Gasteiger partial charge in [-0.1, -0.05) is 23.7 Å². The van der Waals surface area contributed by atoms with Gasteiger partial charge in [-0.05, 0) is 59.3 Å². The van der Waals surface area contributed by atoms with Crippen LogP contribution in [0.4, 0.5) is 5.69 Å². The number of rotatable bonds is 3. The Morgan fingerprint density at radius 1 is 1.30 bits per heavy atom. The van der Waals surface area contributed by atoms with Gasteiger partial charge in [0.15, 0.2) is 0 Å². The first-order valence-electron chi connectivity index (χ1n) is 5.93. The molecule has 0 unspecified atom stereocenters. The summed E-state index contributed by atoms with van der Waals surface area (Å²) in [5, 5.41) is 3.31. The Bertz CT molecular complexity index is 658. The summed E-state index contributed by atoms with van der Waals surface area (Å²) < 4.78 is 6.30. The standard InChI is InChI=1S/C15H13ClINO2/c1-9-4-3-5-11(14(9)20-2)15(19)18-13-7-6-10(17)8-12(13)16/h3-8H,1-2H3,(H,18,19). The number of carbonyl (C=O) groups is 1. The van der Waals surface area contributed by atoms with Crippen LogP contribution in [0.15, 0.2) is 36.4 Å². The van der Waals surface area contributed by atoms with E-state index in [1.54, 1.807) is 25.3 Å². The number of carbonyl (C=O) groups excluding carboxylic acids is 1.